The van der Waals surface area contributed by atoms with E-state index in [2.05, 4.69) is 15.5 Å². The predicted octanol–water partition coefficient (Wildman–Crippen LogP) is 3.31. The van der Waals surface area contributed by atoms with Crippen molar-refractivity contribution >= 4 is 34.0 Å². The molecule has 1 aliphatic rings. The topological polar surface area (TPSA) is 80.9 Å². The summed E-state index contributed by atoms with van der Waals surface area (Å²) in [5, 5.41) is 12.9. The standard InChI is InChI=1S/C15H17ClN4OS/c16-11-5-1-4-10(7-11)14-19-20-15(22-14)18-13(21)9-3-2-6-12(17)8-9/h1,4-5,7,9,12H,2-3,6,8,17H2,(H,18,20,21). The fourth-order valence-corrected chi connectivity index (χ4v) is 3.62. The average Bonchev–Trinajstić information content (AvgIpc) is 2.96. The SMILES string of the molecule is NC1CCCC(C(=O)Nc2nnc(-c3cccc(Cl)c3)s2)C1. The van der Waals surface area contributed by atoms with Gasteiger partial charge < -0.3 is 11.1 Å². The van der Waals surface area contributed by atoms with Crippen LogP contribution in [0.3, 0.4) is 0 Å². The van der Waals surface area contributed by atoms with Crippen LogP contribution in [0, 0.1) is 5.92 Å². The number of carbonyl (C=O) groups is 1. The summed E-state index contributed by atoms with van der Waals surface area (Å²) in [6.45, 7) is 0. The van der Waals surface area contributed by atoms with Gasteiger partial charge in [0.1, 0.15) is 5.01 Å². The number of aromatic nitrogens is 2. The molecule has 7 heteroatoms. The van der Waals surface area contributed by atoms with Crippen molar-refractivity contribution in [2.24, 2.45) is 11.7 Å². The summed E-state index contributed by atoms with van der Waals surface area (Å²) in [5.41, 5.74) is 6.83. The van der Waals surface area contributed by atoms with Crippen molar-refractivity contribution in [3.63, 3.8) is 0 Å². The molecular formula is C15H17ClN4OS. The molecule has 0 aliphatic heterocycles. The Labute approximate surface area is 137 Å². The molecule has 1 fully saturated rings. The maximum Gasteiger partial charge on any atom is 0.229 e. The number of nitrogens with zero attached hydrogens (tertiary/aromatic N) is 2. The summed E-state index contributed by atoms with van der Waals surface area (Å²) in [5.74, 6) is -0.0359. The Morgan fingerprint density at radius 3 is 3.00 bits per heavy atom. The van der Waals surface area contributed by atoms with Gasteiger partial charge in [-0.1, -0.05) is 41.5 Å². The average molecular weight is 337 g/mol. The summed E-state index contributed by atoms with van der Waals surface area (Å²) < 4.78 is 0. The summed E-state index contributed by atoms with van der Waals surface area (Å²) in [6.07, 6.45) is 3.63. The third-order valence-electron chi connectivity index (χ3n) is 3.81. The summed E-state index contributed by atoms with van der Waals surface area (Å²) in [7, 11) is 0. The van der Waals surface area contributed by atoms with Crippen LogP contribution in [0.5, 0.6) is 0 Å². The van der Waals surface area contributed by atoms with Crippen molar-refractivity contribution in [3.8, 4) is 10.6 Å². The second-order valence-electron chi connectivity index (χ2n) is 5.54. The van der Waals surface area contributed by atoms with E-state index >= 15 is 0 Å². The van der Waals surface area contributed by atoms with Gasteiger partial charge in [0, 0.05) is 22.5 Å². The quantitative estimate of drug-likeness (QED) is 0.901. The van der Waals surface area contributed by atoms with Gasteiger partial charge in [0.15, 0.2) is 0 Å². The Balaban J connectivity index is 1.68. The molecular weight excluding hydrogens is 320 g/mol. The molecule has 2 atom stereocenters. The number of nitrogens with one attached hydrogen (secondary N) is 1. The molecule has 1 heterocycles. The minimum Gasteiger partial charge on any atom is -0.328 e. The van der Waals surface area contributed by atoms with Gasteiger partial charge in [-0.05, 0) is 31.4 Å². The van der Waals surface area contributed by atoms with Gasteiger partial charge in [-0.2, -0.15) is 0 Å². The third-order valence-corrected chi connectivity index (χ3v) is 4.94. The van der Waals surface area contributed by atoms with Crippen LogP contribution in [0.1, 0.15) is 25.7 Å². The number of anilines is 1. The zero-order valence-corrected chi connectivity index (χ0v) is 13.5. The number of benzene rings is 1. The molecule has 22 heavy (non-hydrogen) atoms. The second-order valence-corrected chi connectivity index (χ2v) is 6.95. The molecule has 2 aromatic rings. The maximum atomic E-state index is 12.3. The van der Waals surface area contributed by atoms with Crippen molar-refractivity contribution in [1.29, 1.82) is 0 Å². The van der Waals surface area contributed by atoms with E-state index in [-0.39, 0.29) is 17.9 Å². The van der Waals surface area contributed by atoms with Gasteiger partial charge in [-0.25, -0.2) is 0 Å². The monoisotopic (exact) mass is 336 g/mol. The summed E-state index contributed by atoms with van der Waals surface area (Å²) >= 11 is 7.32. The Morgan fingerprint density at radius 1 is 1.36 bits per heavy atom. The highest BCUT2D eigenvalue weighted by Crippen LogP contribution is 2.29. The number of carbonyl (C=O) groups excluding carboxylic acids is 1. The lowest BCUT2D eigenvalue weighted by Crippen LogP contribution is -2.34. The van der Waals surface area contributed by atoms with Gasteiger partial charge in [0.2, 0.25) is 11.0 Å². The van der Waals surface area contributed by atoms with E-state index in [0.29, 0.717) is 10.2 Å². The molecule has 1 saturated carbocycles. The van der Waals surface area contributed by atoms with Crippen molar-refractivity contribution < 1.29 is 4.79 Å². The molecule has 1 aromatic carbocycles. The van der Waals surface area contributed by atoms with E-state index in [9.17, 15) is 4.79 Å². The molecule has 1 aliphatic carbocycles. The Hall–Kier alpha value is -1.50. The van der Waals surface area contributed by atoms with Crippen LogP contribution in [0.4, 0.5) is 5.13 Å². The number of nitrogens with two attached hydrogens (primary N) is 1. The largest absolute Gasteiger partial charge is 0.328 e. The van der Waals surface area contributed by atoms with E-state index in [1.54, 1.807) is 6.07 Å². The number of amides is 1. The lowest BCUT2D eigenvalue weighted by molar-refractivity contribution is -0.120. The minimum absolute atomic E-state index is 0.0102. The molecule has 1 aromatic heterocycles. The Kier molecular flexibility index (Phi) is 4.71. The molecule has 2 unspecified atom stereocenters. The minimum atomic E-state index is -0.0257. The molecule has 0 saturated heterocycles. The molecule has 3 rings (SSSR count). The maximum absolute atomic E-state index is 12.3. The Bertz CT molecular complexity index is 675. The first-order valence-corrected chi connectivity index (χ1v) is 8.47. The third kappa shape index (κ3) is 3.63. The van der Waals surface area contributed by atoms with Crippen molar-refractivity contribution in [3.05, 3.63) is 29.3 Å². The molecule has 0 bridgehead atoms. The van der Waals surface area contributed by atoms with Crippen LogP contribution in [-0.2, 0) is 4.79 Å². The van der Waals surface area contributed by atoms with E-state index in [4.69, 9.17) is 17.3 Å². The first-order chi connectivity index (χ1) is 10.6. The number of hydrogen-bond acceptors (Lipinski definition) is 5. The smallest absolute Gasteiger partial charge is 0.229 e. The van der Waals surface area contributed by atoms with E-state index in [0.717, 1.165) is 36.3 Å². The zero-order valence-electron chi connectivity index (χ0n) is 12.0. The van der Waals surface area contributed by atoms with E-state index in [1.165, 1.54) is 11.3 Å². The number of hydrogen-bond donors (Lipinski definition) is 2. The van der Waals surface area contributed by atoms with Crippen LogP contribution in [0.15, 0.2) is 24.3 Å². The van der Waals surface area contributed by atoms with Gasteiger partial charge in [0.25, 0.3) is 0 Å². The van der Waals surface area contributed by atoms with Gasteiger partial charge in [-0.15, -0.1) is 10.2 Å². The Morgan fingerprint density at radius 2 is 2.23 bits per heavy atom. The first-order valence-electron chi connectivity index (χ1n) is 7.27. The molecule has 3 N–H and O–H groups in total. The zero-order chi connectivity index (χ0) is 15.5. The summed E-state index contributed by atoms with van der Waals surface area (Å²) in [6, 6.07) is 7.54. The summed E-state index contributed by atoms with van der Waals surface area (Å²) in [4.78, 5) is 12.3. The first kappa shape index (κ1) is 15.4. The van der Waals surface area contributed by atoms with Crippen LogP contribution >= 0.6 is 22.9 Å². The molecule has 0 radical (unpaired) electrons. The van der Waals surface area contributed by atoms with Gasteiger partial charge >= 0.3 is 0 Å². The van der Waals surface area contributed by atoms with Crippen LogP contribution in [-0.4, -0.2) is 22.1 Å². The highest BCUT2D eigenvalue weighted by atomic mass is 35.5. The van der Waals surface area contributed by atoms with Crippen molar-refractivity contribution in [2.75, 3.05) is 5.32 Å². The molecule has 5 nitrogen and oxygen atoms in total. The highest BCUT2D eigenvalue weighted by Gasteiger charge is 2.26. The predicted molar refractivity (Wildman–Crippen MR) is 88.9 cm³/mol. The molecule has 116 valence electrons. The van der Waals surface area contributed by atoms with Gasteiger partial charge in [-0.3, -0.25) is 4.79 Å². The lowest BCUT2D eigenvalue weighted by Gasteiger charge is -2.25. The van der Waals surface area contributed by atoms with Crippen molar-refractivity contribution in [1.82, 2.24) is 10.2 Å². The molecule has 0 spiro atoms. The van der Waals surface area contributed by atoms with Gasteiger partial charge in [0.05, 0.1) is 0 Å². The van der Waals surface area contributed by atoms with E-state index in [1.807, 2.05) is 18.2 Å². The van der Waals surface area contributed by atoms with Crippen LogP contribution in [0.25, 0.3) is 10.6 Å². The van der Waals surface area contributed by atoms with Crippen LogP contribution in [0.2, 0.25) is 5.02 Å². The van der Waals surface area contributed by atoms with Crippen LogP contribution < -0.4 is 11.1 Å². The fraction of sp³-hybridized carbons (Fsp3) is 0.400. The second kappa shape index (κ2) is 6.73. The lowest BCUT2D eigenvalue weighted by atomic mass is 9.86. The fourth-order valence-electron chi connectivity index (χ4n) is 2.69. The van der Waals surface area contributed by atoms with Crippen molar-refractivity contribution in [2.45, 2.75) is 31.7 Å². The van der Waals surface area contributed by atoms with E-state index < -0.39 is 0 Å². The molecule has 1 amide bonds. The number of rotatable bonds is 3. The number of halogens is 1. The normalized spacial score (nSPS) is 21.5. The highest BCUT2D eigenvalue weighted by molar-refractivity contribution is 7.18.